The fraction of sp³-hybridized carbons (Fsp3) is 0.500. The van der Waals surface area contributed by atoms with Gasteiger partial charge in [0.15, 0.2) is 0 Å². The summed E-state index contributed by atoms with van der Waals surface area (Å²) in [7, 11) is 1.58. The van der Waals surface area contributed by atoms with E-state index in [2.05, 4.69) is 10.6 Å². The first-order valence-corrected chi connectivity index (χ1v) is 7.04. The molecule has 1 aromatic carbocycles. The molecule has 0 spiro atoms. The summed E-state index contributed by atoms with van der Waals surface area (Å²) in [6.45, 7) is 7.82. The lowest BCUT2D eigenvalue weighted by molar-refractivity contribution is -0.117. The Hall–Kier alpha value is -1.88. The number of benzene rings is 1. The summed E-state index contributed by atoms with van der Waals surface area (Å²) in [4.78, 5) is 23.8. The van der Waals surface area contributed by atoms with E-state index in [4.69, 9.17) is 5.73 Å². The molecule has 0 fully saturated rings. The molecule has 0 aliphatic heterocycles. The predicted molar refractivity (Wildman–Crippen MR) is 85.2 cm³/mol. The van der Waals surface area contributed by atoms with Crippen LogP contribution in [0.1, 0.15) is 43.1 Å². The average Bonchev–Trinajstić information content (AvgIpc) is 2.39. The topological polar surface area (TPSA) is 84.2 Å². The van der Waals surface area contributed by atoms with Gasteiger partial charge in [-0.15, -0.1) is 0 Å². The van der Waals surface area contributed by atoms with E-state index in [-0.39, 0.29) is 29.7 Å². The quantitative estimate of drug-likeness (QED) is 0.794. The Kier molecular flexibility index (Phi) is 5.49. The summed E-state index contributed by atoms with van der Waals surface area (Å²) in [6, 6.07) is 5.03. The number of nitrogens with two attached hydrogens (primary N) is 1. The maximum absolute atomic E-state index is 12.1. The highest BCUT2D eigenvalue weighted by Gasteiger charge is 2.23. The zero-order chi connectivity index (χ0) is 16.2. The van der Waals surface area contributed by atoms with Crippen molar-refractivity contribution < 1.29 is 9.59 Å². The summed E-state index contributed by atoms with van der Waals surface area (Å²) in [6.07, 6.45) is 0.243. The number of rotatable bonds is 4. The van der Waals surface area contributed by atoms with Gasteiger partial charge < -0.3 is 16.4 Å². The fourth-order valence-corrected chi connectivity index (χ4v) is 1.86. The van der Waals surface area contributed by atoms with E-state index in [1.54, 1.807) is 25.2 Å². The van der Waals surface area contributed by atoms with E-state index >= 15 is 0 Å². The van der Waals surface area contributed by atoms with Crippen LogP contribution in [0.15, 0.2) is 18.2 Å². The van der Waals surface area contributed by atoms with Crippen molar-refractivity contribution in [2.75, 3.05) is 12.4 Å². The van der Waals surface area contributed by atoms with E-state index in [1.165, 1.54) is 0 Å². The van der Waals surface area contributed by atoms with E-state index in [0.717, 1.165) is 5.56 Å². The molecular formula is C16H25N3O2. The lowest BCUT2D eigenvalue weighted by Crippen LogP contribution is -2.38. The third kappa shape index (κ3) is 4.56. The lowest BCUT2D eigenvalue weighted by Gasteiger charge is -2.26. The van der Waals surface area contributed by atoms with Crippen molar-refractivity contribution in [1.82, 2.24) is 5.32 Å². The Morgan fingerprint density at radius 2 is 1.90 bits per heavy atom. The van der Waals surface area contributed by atoms with Crippen LogP contribution in [0.5, 0.6) is 0 Å². The molecule has 1 unspecified atom stereocenters. The number of nitrogens with one attached hydrogen (secondary N) is 2. The van der Waals surface area contributed by atoms with Gasteiger partial charge in [0.05, 0.1) is 0 Å². The van der Waals surface area contributed by atoms with E-state index in [1.807, 2.05) is 27.7 Å². The lowest BCUT2D eigenvalue weighted by atomic mass is 9.85. The first kappa shape index (κ1) is 17.2. The molecule has 0 saturated heterocycles. The molecule has 0 aliphatic rings. The van der Waals surface area contributed by atoms with Crippen LogP contribution in [0.2, 0.25) is 0 Å². The standard InChI is InChI=1S/C16H25N3O2/c1-10-11(15(21)18-5)7-6-8-12(10)19-14(20)9-13(17)16(2,3)4/h6-8,13H,9,17H2,1-5H3,(H,18,21)(H,19,20). The smallest absolute Gasteiger partial charge is 0.251 e. The van der Waals surface area contributed by atoms with Crippen molar-refractivity contribution in [3.05, 3.63) is 29.3 Å². The highest BCUT2D eigenvalue weighted by atomic mass is 16.2. The number of hydrogen-bond donors (Lipinski definition) is 3. The van der Waals surface area contributed by atoms with Crippen molar-refractivity contribution in [2.24, 2.45) is 11.1 Å². The van der Waals surface area contributed by atoms with Crippen LogP contribution >= 0.6 is 0 Å². The van der Waals surface area contributed by atoms with E-state index in [0.29, 0.717) is 11.3 Å². The van der Waals surface area contributed by atoms with Gasteiger partial charge in [0.2, 0.25) is 5.91 Å². The van der Waals surface area contributed by atoms with Gasteiger partial charge in [-0.2, -0.15) is 0 Å². The molecule has 0 heterocycles. The van der Waals surface area contributed by atoms with Crippen molar-refractivity contribution in [2.45, 2.75) is 40.2 Å². The van der Waals surface area contributed by atoms with Crippen molar-refractivity contribution in [1.29, 1.82) is 0 Å². The fourth-order valence-electron chi connectivity index (χ4n) is 1.86. The second kappa shape index (κ2) is 6.72. The van der Waals surface area contributed by atoms with Gasteiger partial charge in [0.25, 0.3) is 5.91 Å². The molecule has 1 rings (SSSR count). The highest BCUT2D eigenvalue weighted by Crippen LogP contribution is 2.22. The molecule has 5 heteroatoms. The molecule has 1 aromatic rings. The van der Waals surface area contributed by atoms with Gasteiger partial charge in [-0.3, -0.25) is 9.59 Å². The summed E-state index contributed by atoms with van der Waals surface area (Å²) >= 11 is 0. The van der Waals surface area contributed by atoms with Gasteiger partial charge in [-0.1, -0.05) is 26.8 Å². The maximum Gasteiger partial charge on any atom is 0.251 e. The Morgan fingerprint density at radius 1 is 1.29 bits per heavy atom. The number of carbonyl (C=O) groups is 2. The number of hydrogen-bond acceptors (Lipinski definition) is 3. The van der Waals surface area contributed by atoms with Gasteiger partial charge in [-0.25, -0.2) is 0 Å². The van der Waals surface area contributed by atoms with E-state index < -0.39 is 0 Å². The summed E-state index contributed by atoms with van der Waals surface area (Å²) < 4.78 is 0. The zero-order valence-electron chi connectivity index (χ0n) is 13.4. The van der Waals surface area contributed by atoms with Crippen LogP contribution in [-0.4, -0.2) is 24.9 Å². The third-order valence-electron chi connectivity index (χ3n) is 3.60. The van der Waals surface area contributed by atoms with Crippen molar-refractivity contribution in [3.8, 4) is 0 Å². The second-order valence-electron chi connectivity index (χ2n) is 6.28. The molecule has 0 aliphatic carbocycles. The van der Waals surface area contributed by atoms with Gasteiger partial charge >= 0.3 is 0 Å². The Morgan fingerprint density at radius 3 is 2.43 bits per heavy atom. The van der Waals surface area contributed by atoms with Gasteiger partial charge in [0, 0.05) is 30.8 Å². The van der Waals surface area contributed by atoms with Crippen LogP contribution in [0.3, 0.4) is 0 Å². The second-order valence-corrected chi connectivity index (χ2v) is 6.28. The van der Waals surface area contributed by atoms with E-state index in [9.17, 15) is 9.59 Å². The molecular weight excluding hydrogens is 266 g/mol. The van der Waals surface area contributed by atoms with Crippen LogP contribution in [0.4, 0.5) is 5.69 Å². The minimum atomic E-state index is -0.222. The van der Waals surface area contributed by atoms with Crippen molar-refractivity contribution in [3.63, 3.8) is 0 Å². The molecule has 5 nitrogen and oxygen atoms in total. The number of amides is 2. The van der Waals surface area contributed by atoms with Crippen LogP contribution in [0, 0.1) is 12.3 Å². The molecule has 0 bridgehead atoms. The number of anilines is 1. The molecule has 21 heavy (non-hydrogen) atoms. The Balaban J connectivity index is 2.84. The zero-order valence-corrected chi connectivity index (χ0v) is 13.4. The molecule has 2 amide bonds. The largest absolute Gasteiger partial charge is 0.355 e. The molecule has 0 saturated carbocycles. The monoisotopic (exact) mass is 291 g/mol. The van der Waals surface area contributed by atoms with Crippen LogP contribution < -0.4 is 16.4 Å². The first-order chi connectivity index (χ1) is 9.66. The Labute approximate surface area is 126 Å². The number of carbonyl (C=O) groups excluding carboxylic acids is 2. The average molecular weight is 291 g/mol. The molecule has 4 N–H and O–H groups in total. The maximum atomic E-state index is 12.1. The molecule has 0 radical (unpaired) electrons. The SMILES string of the molecule is CNC(=O)c1cccc(NC(=O)CC(N)C(C)(C)C)c1C. The first-order valence-electron chi connectivity index (χ1n) is 7.04. The predicted octanol–water partition coefficient (Wildman–Crippen LogP) is 2.06. The Bertz CT molecular complexity index is 533. The third-order valence-corrected chi connectivity index (χ3v) is 3.60. The molecule has 0 aromatic heterocycles. The summed E-state index contributed by atoms with van der Waals surface area (Å²) in [5, 5.41) is 5.42. The normalized spacial score (nSPS) is 12.7. The summed E-state index contributed by atoms with van der Waals surface area (Å²) in [5.74, 6) is -0.315. The van der Waals surface area contributed by atoms with Gasteiger partial charge in [0.1, 0.15) is 0 Å². The minimum absolute atomic E-state index is 0.129. The van der Waals surface area contributed by atoms with Gasteiger partial charge in [-0.05, 0) is 30.0 Å². The molecule has 1 atom stereocenters. The highest BCUT2D eigenvalue weighted by molar-refractivity contribution is 5.99. The summed E-state index contributed by atoms with van der Waals surface area (Å²) in [5.41, 5.74) is 7.83. The van der Waals surface area contributed by atoms with Crippen molar-refractivity contribution >= 4 is 17.5 Å². The molecule has 116 valence electrons. The van der Waals surface area contributed by atoms with Crippen LogP contribution in [0.25, 0.3) is 0 Å². The van der Waals surface area contributed by atoms with Crippen LogP contribution in [-0.2, 0) is 4.79 Å². The minimum Gasteiger partial charge on any atom is -0.355 e.